The topological polar surface area (TPSA) is 67.1 Å². The highest BCUT2D eigenvalue weighted by atomic mass is 15.2. The average Bonchev–Trinajstić information content (AvgIpc) is 2.89. The van der Waals surface area contributed by atoms with Crippen LogP contribution in [0.5, 0.6) is 0 Å². The molecule has 1 heterocycles. The van der Waals surface area contributed by atoms with Gasteiger partial charge in [0, 0.05) is 32.7 Å². The van der Waals surface area contributed by atoms with Crippen LogP contribution in [-0.4, -0.2) is 36.6 Å². The number of anilines is 2. The number of nitrogens with one attached hydrogen (secondary N) is 1. The first-order valence-electron chi connectivity index (χ1n) is 6.76. The molecule has 0 amide bonds. The normalized spacial score (nSPS) is 15.9. The molecular formula is C13H23N5. The lowest BCUT2D eigenvalue weighted by Crippen LogP contribution is -2.25. The van der Waals surface area contributed by atoms with Crippen molar-refractivity contribution in [2.24, 2.45) is 11.7 Å². The molecule has 0 aromatic carbocycles. The van der Waals surface area contributed by atoms with Gasteiger partial charge in [0.1, 0.15) is 18.0 Å². The summed E-state index contributed by atoms with van der Waals surface area (Å²) in [5, 5.41) is 3.18. The molecule has 1 aromatic rings. The summed E-state index contributed by atoms with van der Waals surface area (Å²) in [7, 11) is 2.10. The monoisotopic (exact) mass is 249 g/mol. The van der Waals surface area contributed by atoms with E-state index in [0.29, 0.717) is 6.54 Å². The standard InChI is InChI=1S/C13H23N5/c1-18(9-11-4-2-3-5-11)13-8-12(15-7-6-14)16-10-17-13/h8,10-11H,2-7,9,14H2,1H3,(H,15,16,17). The molecule has 2 rings (SSSR count). The zero-order valence-corrected chi connectivity index (χ0v) is 11.1. The molecular weight excluding hydrogens is 226 g/mol. The molecule has 0 bridgehead atoms. The van der Waals surface area contributed by atoms with Crippen LogP contribution < -0.4 is 16.0 Å². The van der Waals surface area contributed by atoms with Gasteiger partial charge in [-0.1, -0.05) is 12.8 Å². The van der Waals surface area contributed by atoms with Crippen LogP contribution in [0.4, 0.5) is 11.6 Å². The lowest BCUT2D eigenvalue weighted by atomic mass is 10.1. The van der Waals surface area contributed by atoms with Gasteiger partial charge in [-0.15, -0.1) is 0 Å². The van der Waals surface area contributed by atoms with Crippen molar-refractivity contribution in [3.8, 4) is 0 Å². The summed E-state index contributed by atoms with van der Waals surface area (Å²) < 4.78 is 0. The zero-order valence-electron chi connectivity index (χ0n) is 11.1. The van der Waals surface area contributed by atoms with E-state index < -0.39 is 0 Å². The van der Waals surface area contributed by atoms with E-state index in [1.165, 1.54) is 25.7 Å². The second-order valence-corrected chi connectivity index (χ2v) is 5.01. The van der Waals surface area contributed by atoms with Gasteiger partial charge in [-0.05, 0) is 18.8 Å². The lowest BCUT2D eigenvalue weighted by molar-refractivity contribution is 0.545. The highest BCUT2D eigenvalue weighted by molar-refractivity contribution is 5.47. The Morgan fingerprint density at radius 1 is 1.39 bits per heavy atom. The molecule has 1 saturated carbocycles. The third-order valence-corrected chi connectivity index (χ3v) is 3.50. The fourth-order valence-corrected chi connectivity index (χ4v) is 2.53. The van der Waals surface area contributed by atoms with Crippen LogP contribution in [0.3, 0.4) is 0 Å². The van der Waals surface area contributed by atoms with Gasteiger partial charge in [0.15, 0.2) is 0 Å². The van der Waals surface area contributed by atoms with Gasteiger partial charge in [-0.25, -0.2) is 9.97 Å². The third kappa shape index (κ3) is 3.57. The molecule has 0 aliphatic heterocycles. The van der Waals surface area contributed by atoms with Crippen molar-refractivity contribution in [3.63, 3.8) is 0 Å². The summed E-state index contributed by atoms with van der Waals surface area (Å²) in [6.45, 7) is 2.44. The Bertz CT molecular complexity index is 362. The molecule has 1 aliphatic rings. The number of nitrogens with two attached hydrogens (primary N) is 1. The summed E-state index contributed by atoms with van der Waals surface area (Å²) in [6.07, 6.45) is 7.08. The van der Waals surface area contributed by atoms with E-state index in [1.54, 1.807) is 6.33 Å². The Morgan fingerprint density at radius 3 is 2.89 bits per heavy atom. The van der Waals surface area contributed by atoms with Crippen molar-refractivity contribution >= 4 is 11.6 Å². The third-order valence-electron chi connectivity index (χ3n) is 3.50. The Kier molecular flexibility index (Phi) is 4.75. The summed E-state index contributed by atoms with van der Waals surface area (Å²) in [6, 6.07) is 1.99. The van der Waals surface area contributed by atoms with Crippen LogP contribution in [0.1, 0.15) is 25.7 Å². The SMILES string of the molecule is CN(CC1CCCC1)c1cc(NCCN)ncn1. The predicted octanol–water partition coefficient (Wildman–Crippen LogP) is 1.47. The number of nitrogens with zero attached hydrogens (tertiary/aromatic N) is 3. The first-order valence-corrected chi connectivity index (χ1v) is 6.76. The van der Waals surface area contributed by atoms with Gasteiger partial charge < -0.3 is 16.0 Å². The van der Waals surface area contributed by atoms with E-state index in [4.69, 9.17) is 5.73 Å². The first kappa shape index (κ1) is 13.1. The van der Waals surface area contributed by atoms with Crippen LogP contribution in [0.15, 0.2) is 12.4 Å². The van der Waals surface area contributed by atoms with Gasteiger partial charge in [-0.3, -0.25) is 0 Å². The quantitative estimate of drug-likeness (QED) is 0.799. The molecule has 0 unspecified atom stereocenters. The minimum atomic E-state index is 0.608. The van der Waals surface area contributed by atoms with E-state index in [1.807, 2.05) is 6.07 Å². The summed E-state index contributed by atoms with van der Waals surface area (Å²) >= 11 is 0. The molecule has 5 nitrogen and oxygen atoms in total. The molecule has 0 atom stereocenters. The van der Waals surface area contributed by atoms with Gasteiger partial charge in [0.05, 0.1) is 0 Å². The van der Waals surface area contributed by atoms with Crippen LogP contribution in [0.2, 0.25) is 0 Å². The maximum atomic E-state index is 5.47. The molecule has 0 saturated heterocycles. The second-order valence-electron chi connectivity index (χ2n) is 5.01. The van der Waals surface area contributed by atoms with Crippen LogP contribution in [0.25, 0.3) is 0 Å². The van der Waals surface area contributed by atoms with Gasteiger partial charge in [0.2, 0.25) is 0 Å². The maximum absolute atomic E-state index is 5.47. The van der Waals surface area contributed by atoms with E-state index in [0.717, 1.165) is 30.6 Å². The molecule has 100 valence electrons. The summed E-state index contributed by atoms with van der Waals surface area (Å²) in [5.74, 6) is 2.66. The van der Waals surface area contributed by atoms with Crippen molar-refractivity contribution in [2.45, 2.75) is 25.7 Å². The van der Waals surface area contributed by atoms with Crippen LogP contribution >= 0.6 is 0 Å². The Hall–Kier alpha value is -1.36. The number of rotatable bonds is 6. The maximum Gasteiger partial charge on any atom is 0.133 e. The smallest absolute Gasteiger partial charge is 0.133 e. The minimum Gasteiger partial charge on any atom is -0.369 e. The number of hydrogen-bond acceptors (Lipinski definition) is 5. The minimum absolute atomic E-state index is 0.608. The van der Waals surface area contributed by atoms with Crippen molar-refractivity contribution in [1.82, 2.24) is 9.97 Å². The van der Waals surface area contributed by atoms with Crippen molar-refractivity contribution < 1.29 is 0 Å². The molecule has 18 heavy (non-hydrogen) atoms. The average molecular weight is 249 g/mol. The van der Waals surface area contributed by atoms with E-state index in [2.05, 4.69) is 27.2 Å². The number of hydrogen-bond donors (Lipinski definition) is 2. The number of aromatic nitrogens is 2. The highest BCUT2D eigenvalue weighted by Gasteiger charge is 2.17. The van der Waals surface area contributed by atoms with Gasteiger partial charge >= 0.3 is 0 Å². The van der Waals surface area contributed by atoms with Crippen LogP contribution in [-0.2, 0) is 0 Å². The lowest BCUT2D eigenvalue weighted by Gasteiger charge is -2.22. The Labute approximate surface area is 109 Å². The van der Waals surface area contributed by atoms with Crippen molar-refractivity contribution in [2.75, 3.05) is 36.9 Å². The fourth-order valence-electron chi connectivity index (χ4n) is 2.53. The molecule has 1 fully saturated rings. The van der Waals surface area contributed by atoms with E-state index in [-0.39, 0.29) is 0 Å². The Morgan fingerprint density at radius 2 is 2.17 bits per heavy atom. The van der Waals surface area contributed by atoms with Gasteiger partial charge in [-0.2, -0.15) is 0 Å². The van der Waals surface area contributed by atoms with Crippen LogP contribution in [0, 0.1) is 5.92 Å². The fraction of sp³-hybridized carbons (Fsp3) is 0.692. The largest absolute Gasteiger partial charge is 0.369 e. The van der Waals surface area contributed by atoms with Gasteiger partial charge in [0.25, 0.3) is 0 Å². The summed E-state index contributed by atoms with van der Waals surface area (Å²) in [4.78, 5) is 10.7. The Balaban J connectivity index is 1.93. The highest BCUT2D eigenvalue weighted by Crippen LogP contribution is 2.26. The molecule has 0 spiro atoms. The zero-order chi connectivity index (χ0) is 12.8. The molecule has 1 aliphatic carbocycles. The molecule has 3 N–H and O–H groups in total. The second kappa shape index (κ2) is 6.54. The first-order chi connectivity index (χ1) is 8.79. The molecule has 1 aromatic heterocycles. The van der Waals surface area contributed by atoms with E-state index >= 15 is 0 Å². The van der Waals surface area contributed by atoms with E-state index in [9.17, 15) is 0 Å². The predicted molar refractivity (Wildman–Crippen MR) is 74.8 cm³/mol. The molecule has 0 radical (unpaired) electrons. The molecule has 5 heteroatoms. The summed E-state index contributed by atoms with van der Waals surface area (Å²) in [5.41, 5.74) is 5.47. The van der Waals surface area contributed by atoms with Crippen molar-refractivity contribution in [3.05, 3.63) is 12.4 Å². The van der Waals surface area contributed by atoms with Crippen molar-refractivity contribution in [1.29, 1.82) is 0 Å².